The summed E-state index contributed by atoms with van der Waals surface area (Å²) in [6.45, 7) is 4.36. The van der Waals surface area contributed by atoms with Crippen molar-refractivity contribution in [3.63, 3.8) is 0 Å². The van der Waals surface area contributed by atoms with E-state index >= 15 is 0 Å². The average Bonchev–Trinajstić information content (AvgIpc) is 1.88. The van der Waals surface area contributed by atoms with Gasteiger partial charge in [0.15, 0.2) is 0 Å². The van der Waals surface area contributed by atoms with E-state index in [1.807, 2.05) is 6.92 Å². The number of carbonyl (C=O) groups is 1. The summed E-state index contributed by atoms with van der Waals surface area (Å²) in [7, 11) is 0. The first-order chi connectivity index (χ1) is 4.68. The quantitative estimate of drug-likeness (QED) is 0.590. The van der Waals surface area contributed by atoms with E-state index in [0.29, 0.717) is 0 Å². The van der Waals surface area contributed by atoms with Crippen LogP contribution in [0.15, 0.2) is 0 Å². The predicted octanol–water partition coefficient (Wildman–Crippen LogP) is 1.34. The molecule has 1 atom stereocenters. The van der Waals surface area contributed by atoms with Gasteiger partial charge in [-0.05, 0) is 26.3 Å². The van der Waals surface area contributed by atoms with Gasteiger partial charge in [0, 0.05) is 5.92 Å². The highest BCUT2D eigenvalue weighted by Crippen LogP contribution is 2.07. The van der Waals surface area contributed by atoms with Crippen LogP contribution in [0.25, 0.3) is 0 Å². The maximum atomic E-state index is 10.7. The predicted molar refractivity (Wildman–Crippen MR) is 42.8 cm³/mol. The van der Waals surface area contributed by atoms with Crippen molar-refractivity contribution < 1.29 is 4.79 Å². The molecule has 0 aromatic rings. The molecule has 0 aromatic heterocycles. The molecule has 0 aliphatic heterocycles. The van der Waals surface area contributed by atoms with Gasteiger partial charge in [-0.25, -0.2) is 0 Å². The zero-order chi connectivity index (χ0) is 7.98. The fourth-order valence-corrected chi connectivity index (χ4v) is 0.798. The van der Waals surface area contributed by atoms with Crippen molar-refractivity contribution >= 4 is 5.78 Å². The van der Waals surface area contributed by atoms with Gasteiger partial charge in [-0.1, -0.05) is 13.3 Å². The first kappa shape index (κ1) is 9.63. The topological polar surface area (TPSA) is 43.1 Å². The number of unbranched alkanes of at least 4 members (excludes halogenated alkanes) is 1. The van der Waals surface area contributed by atoms with Crippen molar-refractivity contribution in [1.29, 1.82) is 0 Å². The van der Waals surface area contributed by atoms with Crippen LogP contribution in [0, 0.1) is 5.92 Å². The molecule has 0 aliphatic carbocycles. The molecule has 60 valence electrons. The highest BCUT2D eigenvalue weighted by Gasteiger charge is 2.05. The molecular formula is C8H17NO. The normalized spacial score (nSPS) is 13.1. The van der Waals surface area contributed by atoms with E-state index in [-0.39, 0.29) is 11.7 Å². The molecule has 10 heavy (non-hydrogen) atoms. The second kappa shape index (κ2) is 5.42. The van der Waals surface area contributed by atoms with Gasteiger partial charge in [-0.2, -0.15) is 0 Å². The van der Waals surface area contributed by atoms with Crippen molar-refractivity contribution in [3.05, 3.63) is 0 Å². The fraction of sp³-hybridized carbons (Fsp3) is 0.875. The van der Waals surface area contributed by atoms with E-state index in [0.717, 1.165) is 25.8 Å². The van der Waals surface area contributed by atoms with E-state index < -0.39 is 0 Å². The lowest BCUT2D eigenvalue weighted by Crippen LogP contribution is -2.07. The third-order valence-electron chi connectivity index (χ3n) is 1.79. The number of hydrogen-bond donors (Lipinski definition) is 1. The summed E-state index contributed by atoms with van der Waals surface area (Å²) in [5.74, 6) is 0.517. The van der Waals surface area contributed by atoms with Gasteiger partial charge < -0.3 is 5.73 Å². The SMILES string of the molecule is CC(=O)[C@H](C)CCCCN. The molecule has 2 N–H and O–H groups in total. The molecule has 0 amide bonds. The molecule has 0 rings (SSSR count). The Morgan fingerprint density at radius 1 is 1.50 bits per heavy atom. The standard InChI is InChI=1S/C8H17NO/c1-7(8(2)10)5-3-4-6-9/h7H,3-6,9H2,1-2H3/t7-/m1/s1. The highest BCUT2D eigenvalue weighted by atomic mass is 16.1. The molecule has 0 bridgehead atoms. The molecule has 0 radical (unpaired) electrons. The molecule has 0 spiro atoms. The fourth-order valence-electron chi connectivity index (χ4n) is 0.798. The number of Topliss-reactive ketones (excluding diaryl/α,β-unsaturated/α-hetero) is 1. The highest BCUT2D eigenvalue weighted by molar-refractivity contribution is 5.77. The summed E-state index contributed by atoms with van der Waals surface area (Å²) in [6, 6.07) is 0. The lowest BCUT2D eigenvalue weighted by molar-refractivity contribution is -0.120. The molecule has 0 unspecified atom stereocenters. The van der Waals surface area contributed by atoms with Gasteiger partial charge in [0.1, 0.15) is 5.78 Å². The van der Waals surface area contributed by atoms with Crippen molar-refractivity contribution in [3.8, 4) is 0 Å². The Morgan fingerprint density at radius 2 is 2.10 bits per heavy atom. The Balaban J connectivity index is 3.21. The summed E-state index contributed by atoms with van der Waals surface area (Å²) in [5, 5.41) is 0. The van der Waals surface area contributed by atoms with Crippen LogP contribution in [-0.2, 0) is 4.79 Å². The lowest BCUT2D eigenvalue weighted by atomic mass is 10.0. The zero-order valence-electron chi connectivity index (χ0n) is 6.89. The Morgan fingerprint density at radius 3 is 2.50 bits per heavy atom. The zero-order valence-corrected chi connectivity index (χ0v) is 6.89. The largest absolute Gasteiger partial charge is 0.330 e. The molecule has 0 fully saturated rings. The van der Waals surface area contributed by atoms with Crippen molar-refractivity contribution in [2.24, 2.45) is 11.7 Å². The number of hydrogen-bond acceptors (Lipinski definition) is 2. The first-order valence-electron chi connectivity index (χ1n) is 3.89. The Hall–Kier alpha value is -0.370. The summed E-state index contributed by atoms with van der Waals surface area (Å²) in [6.07, 6.45) is 3.11. The summed E-state index contributed by atoms with van der Waals surface area (Å²) in [4.78, 5) is 10.7. The van der Waals surface area contributed by atoms with Crippen molar-refractivity contribution in [1.82, 2.24) is 0 Å². The second-order valence-electron chi connectivity index (χ2n) is 2.80. The average molecular weight is 143 g/mol. The van der Waals surface area contributed by atoms with Crippen LogP contribution in [0.1, 0.15) is 33.1 Å². The molecular weight excluding hydrogens is 126 g/mol. The minimum Gasteiger partial charge on any atom is -0.330 e. The number of carbonyl (C=O) groups excluding carboxylic acids is 1. The van der Waals surface area contributed by atoms with Gasteiger partial charge in [0.05, 0.1) is 0 Å². The molecule has 0 heterocycles. The molecule has 0 saturated heterocycles. The Kier molecular flexibility index (Phi) is 5.22. The van der Waals surface area contributed by atoms with E-state index in [1.165, 1.54) is 0 Å². The summed E-state index contributed by atoms with van der Waals surface area (Å²) < 4.78 is 0. The maximum absolute atomic E-state index is 10.7. The Labute approximate surface area is 62.8 Å². The third-order valence-corrected chi connectivity index (χ3v) is 1.79. The van der Waals surface area contributed by atoms with Gasteiger partial charge >= 0.3 is 0 Å². The molecule has 2 nitrogen and oxygen atoms in total. The molecule has 0 aromatic carbocycles. The van der Waals surface area contributed by atoms with Crippen LogP contribution in [0.5, 0.6) is 0 Å². The van der Waals surface area contributed by atoms with Crippen molar-refractivity contribution in [2.75, 3.05) is 6.54 Å². The Bertz CT molecular complexity index is 101. The minimum atomic E-state index is 0.228. The number of nitrogens with two attached hydrogens (primary N) is 1. The maximum Gasteiger partial charge on any atom is 0.132 e. The van der Waals surface area contributed by atoms with Crippen LogP contribution in [0.3, 0.4) is 0 Å². The van der Waals surface area contributed by atoms with E-state index in [4.69, 9.17) is 5.73 Å². The number of ketones is 1. The number of rotatable bonds is 5. The van der Waals surface area contributed by atoms with Gasteiger partial charge in [-0.15, -0.1) is 0 Å². The van der Waals surface area contributed by atoms with E-state index in [9.17, 15) is 4.79 Å². The molecule has 2 heteroatoms. The van der Waals surface area contributed by atoms with Crippen LogP contribution >= 0.6 is 0 Å². The smallest absolute Gasteiger partial charge is 0.132 e. The monoisotopic (exact) mass is 143 g/mol. The summed E-state index contributed by atoms with van der Waals surface area (Å²) in [5.41, 5.74) is 5.31. The molecule has 0 aliphatic rings. The van der Waals surface area contributed by atoms with E-state index in [1.54, 1.807) is 6.92 Å². The minimum absolute atomic E-state index is 0.228. The first-order valence-corrected chi connectivity index (χ1v) is 3.89. The third kappa shape index (κ3) is 4.50. The van der Waals surface area contributed by atoms with Gasteiger partial charge in [0.25, 0.3) is 0 Å². The van der Waals surface area contributed by atoms with Crippen LogP contribution in [-0.4, -0.2) is 12.3 Å². The van der Waals surface area contributed by atoms with E-state index in [2.05, 4.69) is 0 Å². The lowest BCUT2D eigenvalue weighted by Gasteiger charge is -2.04. The van der Waals surface area contributed by atoms with Crippen molar-refractivity contribution in [2.45, 2.75) is 33.1 Å². The second-order valence-corrected chi connectivity index (χ2v) is 2.80. The van der Waals surface area contributed by atoms with Crippen LogP contribution in [0.2, 0.25) is 0 Å². The van der Waals surface area contributed by atoms with Crippen LogP contribution in [0.4, 0.5) is 0 Å². The van der Waals surface area contributed by atoms with Gasteiger partial charge in [0.2, 0.25) is 0 Å². The van der Waals surface area contributed by atoms with Crippen LogP contribution < -0.4 is 5.73 Å². The summed E-state index contributed by atoms with van der Waals surface area (Å²) >= 11 is 0. The van der Waals surface area contributed by atoms with Gasteiger partial charge in [-0.3, -0.25) is 4.79 Å². The molecule has 0 saturated carbocycles.